The first kappa shape index (κ1) is 15.9. The molecule has 1 amide bonds. The van der Waals surface area contributed by atoms with Crippen molar-refractivity contribution in [2.45, 2.75) is 6.92 Å². The number of carbonyl (C=O) groups excluding carboxylic acids is 1. The summed E-state index contributed by atoms with van der Waals surface area (Å²) in [5.74, 6) is 0.501. The molecular formula is C16H17BrN4O2. The summed E-state index contributed by atoms with van der Waals surface area (Å²) in [6.07, 6.45) is 3.09. The van der Waals surface area contributed by atoms with Gasteiger partial charge in [0.2, 0.25) is 0 Å². The summed E-state index contributed by atoms with van der Waals surface area (Å²) >= 11 is 3.44. The number of hydrogen-bond donors (Lipinski definition) is 1. The van der Waals surface area contributed by atoms with Crippen LogP contribution in [0.3, 0.4) is 0 Å². The van der Waals surface area contributed by atoms with Crippen LogP contribution in [0.4, 0.5) is 11.5 Å². The first-order valence-corrected chi connectivity index (χ1v) is 8.15. The van der Waals surface area contributed by atoms with E-state index in [1.807, 2.05) is 25.1 Å². The maximum absolute atomic E-state index is 12.3. The molecule has 2 heterocycles. The fourth-order valence-electron chi connectivity index (χ4n) is 2.34. The van der Waals surface area contributed by atoms with Crippen LogP contribution in [0, 0.1) is 6.92 Å². The van der Waals surface area contributed by atoms with Gasteiger partial charge in [-0.05, 0) is 30.7 Å². The highest BCUT2D eigenvalue weighted by atomic mass is 79.9. The second-order valence-electron chi connectivity index (χ2n) is 5.28. The Hall–Kier alpha value is -1.99. The van der Waals surface area contributed by atoms with Gasteiger partial charge in [-0.15, -0.1) is 0 Å². The summed E-state index contributed by atoms with van der Waals surface area (Å²) in [7, 11) is 0. The number of morpholine rings is 1. The molecule has 1 aliphatic heterocycles. The van der Waals surface area contributed by atoms with Gasteiger partial charge in [0.25, 0.3) is 5.91 Å². The molecule has 1 aliphatic rings. The third-order valence-corrected chi connectivity index (χ3v) is 4.11. The molecule has 0 saturated carbocycles. The largest absolute Gasteiger partial charge is 0.378 e. The van der Waals surface area contributed by atoms with E-state index in [2.05, 4.69) is 31.2 Å². The lowest BCUT2D eigenvalue weighted by molar-refractivity contribution is 0.0298. The molecule has 0 atom stereocenters. The van der Waals surface area contributed by atoms with E-state index in [-0.39, 0.29) is 5.91 Å². The summed E-state index contributed by atoms with van der Waals surface area (Å²) in [5, 5.41) is 3.21. The van der Waals surface area contributed by atoms with Gasteiger partial charge in [-0.1, -0.05) is 15.9 Å². The summed E-state index contributed by atoms with van der Waals surface area (Å²) < 4.78 is 6.27. The van der Waals surface area contributed by atoms with Gasteiger partial charge >= 0.3 is 0 Å². The van der Waals surface area contributed by atoms with Crippen LogP contribution in [-0.4, -0.2) is 47.1 Å². The van der Waals surface area contributed by atoms with Crippen LogP contribution in [0.1, 0.15) is 16.1 Å². The SMILES string of the molecule is Cc1cc(Br)ccc1Nc1cnc(C(=O)N2CCOCC2)cn1. The van der Waals surface area contributed by atoms with Crippen molar-refractivity contribution < 1.29 is 9.53 Å². The molecule has 23 heavy (non-hydrogen) atoms. The lowest BCUT2D eigenvalue weighted by Crippen LogP contribution is -2.41. The fraction of sp³-hybridized carbons (Fsp3) is 0.312. The van der Waals surface area contributed by atoms with Gasteiger partial charge in [0.15, 0.2) is 0 Å². The topological polar surface area (TPSA) is 67.4 Å². The zero-order valence-corrected chi connectivity index (χ0v) is 14.3. The van der Waals surface area contributed by atoms with E-state index in [1.165, 1.54) is 6.20 Å². The highest BCUT2D eigenvalue weighted by Crippen LogP contribution is 2.22. The molecule has 0 aliphatic carbocycles. The van der Waals surface area contributed by atoms with Crippen molar-refractivity contribution in [2.75, 3.05) is 31.6 Å². The number of halogens is 1. The quantitative estimate of drug-likeness (QED) is 0.891. The molecule has 0 bridgehead atoms. The zero-order valence-electron chi connectivity index (χ0n) is 12.8. The van der Waals surface area contributed by atoms with Crippen molar-refractivity contribution in [3.05, 3.63) is 46.3 Å². The number of hydrogen-bond acceptors (Lipinski definition) is 5. The van der Waals surface area contributed by atoms with Crippen LogP contribution in [0.2, 0.25) is 0 Å². The third-order valence-electron chi connectivity index (χ3n) is 3.62. The number of nitrogens with zero attached hydrogens (tertiary/aromatic N) is 3. The summed E-state index contributed by atoms with van der Waals surface area (Å²) in [6.45, 7) is 4.34. The minimum Gasteiger partial charge on any atom is -0.378 e. The number of nitrogens with one attached hydrogen (secondary N) is 1. The van der Waals surface area contributed by atoms with Gasteiger partial charge in [-0.2, -0.15) is 0 Å². The van der Waals surface area contributed by atoms with Crippen LogP contribution in [-0.2, 0) is 4.74 Å². The lowest BCUT2D eigenvalue weighted by atomic mass is 10.2. The van der Waals surface area contributed by atoms with E-state index in [1.54, 1.807) is 11.1 Å². The molecule has 0 radical (unpaired) electrons. The molecule has 2 aromatic rings. The molecule has 1 aromatic carbocycles. The van der Waals surface area contributed by atoms with Crippen molar-refractivity contribution in [3.63, 3.8) is 0 Å². The van der Waals surface area contributed by atoms with Crippen molar-refractivity contribution in [1.82, 2.24) is 14.9 Å². The first-order chi connectivity index (χ1) is 11.1. The number of aromatic nitrogens is 2. The monoisotopic (exact) mass is 376 g/mol. The van der Waals surface area contributed by atoms with Gasteiger partial charge in [0.05, 0.1) is 25.6 Å². The Labute approximate surface area is 143 Å². The van der Waals surface area contributed by atoms with Crippen molar-refractivity contribution in [3.8, 4) is 0 Å². The van der Waals surface area contributed by atoms with Gasteiger partial charge in [-0.25, -0.2) is 9.97 Å². The predicted molar refractivity (Wildman–Crippen MR) is 90.9 cm³/mol. The zero-order chi connectivity index (χ0) is 16.2. The molecule has 0 spiro atoms. The molecule has 120 valence electrons. The van der Waals surface area contributed by atoms with E-state index in [9.17, 15) is 4.79 Å². The summed E-state index contributed by atoms with van der Waals surface area (Å²) in [5.41, 5.74) is 2.40. The van der Waals surface area contributed by atoms with Crippen LogP contribution in [0.25, 0.3) is 0 Å². The highest BCUT2D eigenvalue weighted by molar-refractivity contribution is 9.10. The predicted octanol–water partition coefficient (Wildman–Crippen LogP) is 2.76. The summed E-state index contributed by atoms with van der Waals surface area (Å²) in [4.78, 5) is 22.6. The lowest BCUT2D eigenvalue weighted by Gasteiger charge is -2.26. The van der Waals surface area contributed by atoms with Crippen LogP contribution in [0.5, 0.6) is 0 Å². The smallest absolute Gasteiger partial charge is 0.274 e. The average molecular weight is 377 g/mol. The van der Waals surface area contributed by atoms with Crippen molar-refractivity contribution in [1.29, 1.82) is 0 Å². The van der Waals surface area contributed by atoms with E-state index in [4.69, 9.17) is 4.74 Å². The number of rotatable bonds is 3. The van der Waals surface area contributed by atoms with E-state index in [0.29, 0.717) is 37.8 Å². The average Bonchev–Trinajstić information content (AvgIpc) is 2.58. The highest BCUT2D eigenvalue weighted by Gasteiger charge is 2.19. The first-order valence-electron chi connectivity index (χ1n) is 7.36. The van der Waals surface area contributed by atoms with Crippen LogP contribution in [0.15, 0.2) is 35.1 Å². The summed E-state index contributed by atoms with van der Waals surface area (Å²) in [6, 6.07) is 5.94. The molecule has 1 N–H and O–H groups in total. The van der Waals surface area contributed by atoms with Crippen molar-refractivity contribution in [2.24, 2.45) is 0 Å². The molecule has 1 aromatic heterocycles. The Bertz CT molecular complexity index is 700. The number of benzene rings is 1. The molecule has 0 unspecified atom stereocenters. The van der Waals surface area contributed by atoms with E-state index >= 15 is 0 Å². The van der Waals surface area contributed by atoms with Gasteiger partial charge in [-0.3, -0.25) is 4.79 Å². The van der Waals surface area contributed by atoms with Gasteiger partial charge < -0.3 is 15.0 Å². The molecule has 1 fully saturated rings. The molecule has 6 nitrogen and oxygen atoms in total. The second kappa shape index (κ2) is 7.06. The maximum Gasteiger partial charge on any atom is 0.274 e. The Morgan fingerprint density at radius 2 is 2.04 bits per heavy atom. The number of amides is 1. The number of anilines is 2. The Kier molecular flexibility index (Phi) is 4.88. The van der Waals surface area contributed by atoms with E-state index in [0.717, 1.165) is 15.7 Å². The molecule has 3 rings (SSSR count). The fourth-order valence-corrected chi connectivity index (χ4v) is 2.81. The van der Waals surface area contributed by atoms with Crippen molar-refractivity contribution >= 4 is 33.3 Å². The number of aryl methyl sites for hydroxylation is 1. The Balaban J connectivity index is 1.70. The second-order valence-corrected chi connectivity index (χ2v) is 6.19. The van der Waals surface area contributed by atoms with Crippen LogP contribution < -0.4 is 5.32 Å². The minimum atomic E-state index is -0.104. The molecule has 1 saturated heterocycles. The van der Waals surface area contributed by atoms with Crippen LogP contribution >= 0.6 is 15.9 Å². The number of carbonyl (C=O) groups is 1. The minimum absolute atomic E-state index is 0.104. The molecule has 7 heteroatoms. The normalized spacial score (nSPS) is 14.6. The Morgan fingerprint density at radius 1 is 1.26 bits per heavy atom. The molecular weight excluding hydrogens is 360 g/mol. The maximum atomic E-state index is 12.3. The third kappa shape index (κ3) is 3.86. The standard InChI is InChI=1S/C16H17BrN4O2/c1-11-8-12(17)2-3-13(11)20-15-10-18-14(9-19-15)16(22)21-4-6-23-7-5-21/h2-3,8-10H,4-7H2,1H3,(H,19,20). The van der Waals surface area contributed by atoms with E-state index < -0.39 is 0 Å². The number of ether oxygens (including phenoxy) is 1. The Morgan fingerprint density at radius 3 is 2.70 bits per heavy atom. The van der Waals surface area contributed by atoms with Gasteiger partial charge in [0, 0.05) is 23.2 Å². The van der Waals surface area contributed by atoms with Gasteiger partial charge in [0.1, 0.15) is 11.5 Å².